The molecule has 0 fully saturated rings. The lowest BCUT2D eigenvalue weighted by Gasteiger charge is -2.21. The highest BCUT2D eigenvalue weighted by atomic mass is 32.2. The van der Waals surface area contributed by atoms with Gasteiger partial charge in [0, 0.05) is 26.2 Å². The molecule has 0 aromatic rings. The summed E-state index contributed by atoms with van der Waals surface area (Å²) in [5, 5.41) is 8.81. The number of aliphatic hydroxyl groups excluding tert-OH is 1. The predicted octanol–water partition coefficient (Wildman–Crippen LogP) is 0.570. The summed E-state index contributed by atoms with van der Waals surface area (Å²) in [6, 6.07) is -0.0473. The van der Waals surface area contributed by atoms with Gasteiger partial charge in [-0.2, -0.15) is 12.7 Å². The fourth-order valence-corrected chi connectivity index (χ4v) is 2.28. The third-order valence-corrected chi connectivity index (χ3v) is 4.33. The van der Waals surface area contributed by atoms with Gasteiger partial charge in [-0.05, 0) is 32.6 Å². The summed E-state index contributed by atoms with van der Waals surface area (Å²) in [5.41, 5.74) is 0. The van der Waals surface area contributed by atoms with Gasteiger partial charge in [-0.15, -0.1) is 0 Å². The van der Waals surface area contributed by atoms with Gasteiger partial charge < -0.3 is 5.11 Å². The Morgan fingerprint density at radius 1 is 1.31 bits per heavy atom. The van der Waals surface area contributed by atoms with Crippen molar-refractivity contribution in [3.8, 4) is 0 Å². The average molecular weight is 252 g/mol. The standard InChI is InChI=1S/C10H24N2O3S/c1-9(2)12(4)16(14,15)11-7-5-6-10(3)8-13/h9-11,13H,5-8H2,1-4H3. The van der Waals surface area contributed by atoms with Crippen molar-refractivity contribution in [2.45, 2.75) is 39.7 Å². The highest BCUT2D eigenvalue weighted by Gasteiger charge is 2.19. The normalized spacial score (nSPS) is 14.7. The first-order chi connectivity index (χ1) is 7.31. The zero-order valence-electron chi connectivity index (χ0n) is 10.6. The molecule has 0 heterocycles. The molecule has 0 aliphatic heterocycles. The van der Waals surface area contributed by atoms with Gasteiger partial charge in [-0.3, -0.25) is 0 Å². The Morgan fingerprint density at radius 3 is 2.31 bits per heavy atom. The maximum absolute atomic E-state index is 11.7. The van der Waals surface area contributed by atoms with Crippen LogP contribution in [0.1, 0.15) is 33.6 Å². The van der Waals surface area contributed by atoms with Gasteiger partial charge in [0.15, 0.2) is 0 Å². The third kappa shape index (κ3) is 5.79. The van der Waals surface area contributed by atoms with E-state index in [4.69, 9.17) is 5.11 Å². The van der Waals surface area contributed by atoms with Crippen molar-refractivity contribution in [1.29, 1.82) is 0 Å². The third-order valence-electron chi connectivity index (χ3n) is 2.58. The summed E-state index contributed by atoms with van der Waals surface area (Å²) in [7, 11) is -1.78. The van der Waals surface area contributed by atoms with Gasteiger partial charge >= 0.3 is 0 Å². The van der Waals surface area contributed by atoms with Crippen molar-refractivity contribution in [3.63, 3.8) is 0 Å². The van der Waals surface area contributed by atoms with E-state index in [0.29, 0.717) is 6.54 Å². The van der Waals surface area contributed by atoms with Crippen LogP contribution in [0.4, 0.5) is 0 Å². The predicted molar refractivity (Wildman–Crippen MR) is 65.3 cm³/mol. The fraction of sp³-hybridized carbons (Fsp3) is 1.00. The van der Waals surface area contributed by atoms with Gasteiger partial charge in [0.2, 0.25) is 0 Å². The van der Waals surface area contributed by atoms with Crippen LogP contribution in [0.5, 0.6) is 0 Å². The quantitative estimate of drug-likeness (QED) is 0.621. The highest BCUT2D eigenvalue weighted by Crippen LogP contribution is 2.04. The molecule has 0 saturated carbocycles. The smallest absolute Gasteiger partial charge is 0.279 e. The Kier molecular flexibility index (Phi) is 7.14. The number of hydrogen-bond donors (Lipinski definition) is 2. The minimum Gasteiger partial charge on any atom is -0.396 e. The molecule has 2 N–H and O–H groups in total. The first-order valence-electron chi connectivity index (χ1n) is 5.64. The van der Waals surface area contributed by atoms with E-state index in [9.17, 15) is 8.42 Å². The Hall–Kier alpha value is -0.170. The second-order valence-electron chi connectivity index (χ2n) is 4.44. The number of nitrogens with zero attached hydrogens (tertiary/aromatic N) is 1. The maximum atomic E-state index is 11.7. The van der Waals surface area contributed by atoms with Gasteiger partial charge in [0.25, 0.3) is 10.2 Å². The van der Waals surface area contributed by atoms with E-state index in [1.165, 1.54) is 4.31 Å². The Balaban J connectivity index is 3.93. The molecular formula is C10H24N2O3S. The van der Waals surface area contributed by atoms with Crippen LogP contribution in [-0.2, 0) is 10.2 Å². The molecule has 0 aliphatic rings. The Bertz CT molecular complexity index is 278. The average Bonchev–Trinajstić information content (AvgIpc) is 2.22. The van der Waals surface area contributed by atoms with E-state index in [1.807, 2.05) is 20.8 Å². The number of rotatable bonds is 8. The molecule has 5 nitrogen and oxygen atoms in total. The molecule has 0 rings (SSSR count). The molecule has 0 saturated heterocycles. The zero-order chi connectivity index (χ0) is 12.8. The largest absolute Gasteiger partial charge is 0.396 e. The topological polar surface area (TPSA) is 69.6 Å². The molecule has 0 amide bonds. The second kappa shape index (κ2) is 7.21. The van der Waals surface area contributed by atoms with Crippen molar-refractivity contribution in [2.75, 3.05) is 20.2 Å². The van der Waals surface area contributed by atoms with Crippen LogP contribution in [0.2, 0.25) is 0 Å². The summed E-state index contributed by atoms with van der Waals surface area (Å²) >= 11 is 0. The van der Waals surface area contributed by atoms with Crippen LogP contribution in [0, 0.1) is 5.92 Å². The van der Waals surface area contributed by atoms with E-state index in [0.717, 1.165) is 12.8 Å². The lowest BCUT2D eigenvalue weighted by molar-refractivity contribution is 0.228. The molecule has 0 aromatic carbocycles. The monoisotopic (exact) mass is 252 g/mol. The minimum atomic E-state index is -3.34. The molecule has 0 bridgehead atoms. The first-order valence-corrected chi connectivity index (χ1v) is 7.08. The number of hydrogen-bond acceptors (Lipinski definition) is 3. The highest BCUT2D eigenvalue weighted by molar-refractivity contribution is 7.87. The molecule has 0 radical (unpaired) electrons. The summed E-state index contributed by atoms with van der Waals surface area (Å²) < 4.78 is 27.1. The van der Waals surface area contributed by atoms with Gasteiger partial charge in [0.05, 0.1) is 0 Å². The van der Waals surface area contributed by atoms with Crippen LogP contribution in [-0.4, -0.2) is 44.1 Å². The zero-order valence-corrected chi connectivity index (χ0v) is 11.4. The van der Waals surface area contributed by atoms with E-state index in [2.05, 4.69) is 4.72 Å². The van der Waals surface area contributed by atoms with Gasteiger partial charge in [-0.1, -0.05) is 6.92 Å². The molecular weight excluding hydrogens is 228 g/mol. The Morgan fingerprint density at radius 2 is 1.88 bits per heavy atom. The lowest BCUT2D eigenvalue weighted by Crippen LogP contribution is -2.42. The van der Waals surface area contributed by atoms with Crippen LogP contribution in [0.3, 0.4) is 0 Å². The first kappa shape index (κ1) is 15.8. The lowest BCUT2D eigenvalue weighted by atomic mass is 10.1. The molecule has 6 heteroatoms. The maximum Gasteiger partial charge on any atom is 0.279 e. The van der Waals surface area contributed by atoms with E-state index in [-0.39, 0.29) is 18.6 Å². The molecule has 98 valence electrons. The van der Waals surface area contributed by atoms with Crippen molar-refractivity contribution in [1.82, 2.24) is 9.03 Å². The molecule has 1 unspecified atom stereocenters. The molecule has 16 heavy (non-hydrogen) atoms. The van der Waals surface area contributed by atoms with Crippen LogP contribution in [0.25, 0.3) is 0 Å². The van der Waals surface area contributed by atoms with E-state index < -0.39 is 10.2 Å². The van der Waals surface area contributed by atoms with Crippen molar-refractivity contribution in [2.24, 2.45) is 5.92 Å². The van der Waals surface area contributed by atoms with Crippen LogP contribution >= 0.6 is 0 Å². The van der Waals surface area contributed by atoms with Crippen molar-refractivity contribution >= 4 is 10.2 Å². The van der Waals surface area contributed by atoms with Crippen molar-refractivity contribution in [3.05, 3.63) is 0 Å². The van der Waals surface area contributed by atoms with E-state index >= 15 is 0 Å². The van der Waals surface area contributed by atoms with Crippen molar-refractivity contribution < 1.29 is 13.5 Å². The molecule has 1 atom stereocenters. The SMILES string of the molecule is CC(CO)CCCNS(=O)(=O)N(C)C(C)C. The fourth-order valence-electron chi connectivity index (χ4n) is 1.12. The molecule has 0 spiro atoms. The minimum absolute atomic E-state index is 0.0473. The van der Waals surface area contributed by atoms with Crippen LogP contribution in [0.15, 0.2) is 0 Å². The summed E-state index contributed by atoms with van der Waals surface area (Å²) in [6.45, 7) is 6.16. The number of nitrogens with one attached hydrogen (secondary N) is 1. The molecule has 0 aromatic heterocycles. The summed E-state index contributed by atoms with van der Waals surface area (Å²) in [5.74, 6) is 0.229. The van der Waals surface area contributed by atoms with Gasteiger partial charge in [0.1, 0.15) is 0 Å². The summed E-state index contributed by atoms with van der Waals surface area (Å²) in [4.78, 5) is 0. The Labute approximate surface area is 99.0 Å². The van der Waals surface area contributed by atoms with Gasteiger partial charge in [-0.25, -0.2) is 4.72 Å². The number of aliphatic hydroxyl groups is 1. The second-order valence-corrected chi connectivity index (χ2v) is 6.25. The van der Waals surface area contributed by atoms with E-state index in [1.54, 1.807) is 7.05 Å². The van der Waals surface area contributed by atoms with Crippen LogP contribution < -0.4 is 4.72 Å². The molecule has 0 aliphatic carbocycles. The summed E-state index contributed by atoms with van der Waals surface area (Å²) in [6.07, 6.45) is 1.57.